The second-order valence-electron chi connectivity index (χ2n) is 5.82. The second-order valence-corrected chi connectivity index (χ2v) is 5.82. The van der Waals surface area contributed by atoms with Gasteiger partial charge < -0.3 is 20.1 Å². The molecule has 3 aromatic rings. The van der Waals surface area contributed by atoms with Crippen molar-refractivity contribution in [3.05, 3.63) is 66.1 Å². The molecule has 2 N–H and O–H groups in total. The Kier molecular flexibility index (Phi) is 4.71. The van der Waals surface area contributed by atoms with E-state index in [4.69, 9.17) is 9.47 Å². The van der Waals surface area contributed by atoms with Gasteiger partial charge in [-0.25, -0.2) is 18.7 Å². The molecular formula is C19H14F2N4O3. The number of amides is 1. The third kappa shape index (κ3) is 3.68. The molecule has 28 heavy (non-hydrogen) atoms. The number of carbonyl (C=O) groups excluding carboxylic acids is 1. The molecule has 9 heteroatoms. The highest BCUT2D eigenvalue weighted by atomic mass is 19.1. The molecule has 2 heterocycles. The molecule has 0 fully saturated rings. The molecule has 0 spiro atoms. The number of anilines is 3. The summed E-state index contributed by atoms with van der Waals surface area (Å²) in [6.07, 6.45) is 2.42. The smallest absolute Gasteiger partial charge is 0.275 e. The number of para-hydroxylation sites is 1. The number of carbonyl (C=O) groups is 1. The van der Waals surface area contributed by atoms with Gasteiger partial charge in [0.1, 0.15) is 42.0 Å². The number of benzene rings is 2. The maximum Gasteiger partial charge on any atom is 0.275 e. The average molecular weight is 384 g/mol. The van der Waals surface area contributed by atoms with Crippen LogP contribution >= 0.6 is 0 Å². The highest BCUT2D eigenvalue weighted by Crippen LogP contribution is 2.32. The molecule has 0 radical (unpaired) electrons. The van der Waals surface area contributed by atoms with E-state index in [2.05, 4.69) is 20.6 Å². The van der Waals surface area contributed by atoms with Crippen LogP contribution in [0.5, 0.6) is 11.5 Å². The largest absolute Gasteiger partial charge is 0.486 e. The number of aromatic nitrogens is 2. The molecule has 0 aliphatic carbocycles. The minimum Gasteiger partial charge on any atom is -0.486 e. The van der Waals surface area contributed by atoms with Crippen molar-refractivity contribution in [2.24, 2.45) is 0 Å². The highest BCUT2D eigenvalue weighted by Gasteiger charge is 2.15. The summed E-state index contributed by atoms with van der Waals surface area (Å²) in [6, 6.07) is 8.52. The summed E-state index contributed by atoms with van der Waals surface area (Å²) in [5.41, 5.74) is 0.200. The standard InChI is InChI=1S/C19H14F2N4O3/c20-12-2-1-3-13(21)18(12)25-17-10-22-14(9-23-17)19(26)24-11-4-5-15-16(8-11)28-7-6-27-15/h1-5,8-10H,6-7H2,(H,23,25)(H,24,26). The van der Waals surface area contributed by atoms with Crippen molar-refractivity contribution in [3.63, 3.8) is 0 Å². The number of halogens is 2. The molecule has 2 aromatic carbocycles. The average Bonchev–Trinajstić information content (AvgIpc) is 2.71. The van der Waals surface area contributed by atoms with Gasteiger partial charge in [-0.15, -0.1) is 0 Å². The third-order valence-corrected chi connectivity index (χ3v) is 3.90. The van der Waals surface area contributed by atoms with E-state index in [1.165, 1.54) is 18.5 Å². The lowest BCUT2D eigenvalue weighted by Gasteiger charge is -2.18. The Balaban J connectivity index is 1.45. The number of hydrogen-bond acceptors (Lipinski definition) is 6. The summed E-state index contributed by atoms with van der Waals surface area (Å²) in [5, 5.41) is 5.18. The van der Waals surface area contributed by atoms with E-state index in [1.54, 1.807) is 18.2 Å². The van der Waals surface area contributed by atoms with E-state index in [0.717, 1.165) is 12.1 Å². The van der Waals surface area contributed by atoms with E-state index in [9.17, 15) is 13.6 Å². The van der Waals surface area contributed by atoms with Crippen LogP contribution in [0.2, 0.25) is 0 Å². The van der Waals surface area contributed by atoms with Gasteiger partial charge in [-0.1, -0.05) is 6.07 Å². The number of hydrogen-bond donors (Lipinski definition) is 2. The van der Waals surface area contributed by atoms with Crippen LogP contribution in [0.1, 0.15) is 10.5 Å². The normalized spacial score (nSPS) is 12.4. The van der Waals surface area contributed by atoms with Crippen LogP contribution in [0.4, 0.5) is 26.0 Å². The molecule has 1 aromatic heterocycles. The van der Waals surface area contributed by atoms with E-state index in [1.807, 2.05) is 0 Å². The zero-order chi connectivity index (χ0) is 19.5. The SMILES string of the molecule is O=C(Nc1ccc2c(c1)OCCO2)c1cnc(Nc2c(F)cccc2F)cn1. The molecular weight excluding hydrogens is 370 g/mol. The Bertz CT molecular complexity index is 1010. The summed E-state index contributed by atoms with van der Waals surface area (Å²) in [5.74, 6) is -0.765. The van der Waals surface area contributed by atoms with Crippen LogP contribution in [0.15, 0.2) is 48.8 Å². The predicted octanol–water partition coefficient (Wildman–Crippen LogP) is 3.52. The molecule has 142 valence electrons. The number of nitrogens with one attached hydrogen (secondary N) is 2. The quantitative estimate of drug-likeness (QED) is 0.716. The maximum absolute atomic E-state index is 13.7. The molecule has 1 aliphatic heterocycles. The predicted molar refractivity (Wildman–Crippen MR) is 97.1 cm³/mol. The van der Waals surface area contributed by atoms with Crippen LogP contribution in [-0.2, 0) is 0 Å². The third-order valence-electron chi connectivity index (χ3n) is 3.90. The van der Waals surface area contributed by atoms with Crippen molar-refractivity contribution in [3.8, 4) is 11.5 Å². The fraction of sp³-hybridized carbons (Fsp3) is 0.105. The summed E-state index contributed by atoms with van der Waals surface area (Å²) in [4.78, 5) is 20.3. The molecule has 7 nitrogen and oxygen atoms in total. The van der Waals surface area contributed by atoms with Gasteiger partial charge in [0, 0.05) is 11.8 Å². The first-order valence-electron chi connectivity index (χ1n) is 8.34. The van der Waals surface area contributed by atoms with Gasteiger partial charge in [0.2, 0.25) is 0 Å². The van der Waals surface area contributed by atoms with E-state index < -0.39 is 17.5 Å². The van der Waals surface area contributed by atoms with E-state index >= 15 is 0 Å². The summed E-state index contributed by atoms with van der Waals surface area (Å²) in [7, 11) is 0. The number of fused-ring (bicyclic) bond motifs is 1. The maximum atomic E-state index is 13.7. The van der Waals surface area contributed by atoms with Gasteiger partial charge in [-0.05, 0) is 24.3 Å². The van der Waals surface area contributed by atoms with Gasteiger partial charge in [-0.2, -0.15) is 0 Å². The van der Waals surface area contributed by atoms with Crippen LogP contribution < -0.4 is 20.1 Å². The van der Waals surface area contributed by atoms with E-state index in [-0.39, 0.29) is 17.2 Å². The minimum absolute atomic E-state index is 0.0365. The number of nitrogens with zero attached hydrogens (tertiary/aromatic N) is 2. The Morgan fingerprint density at radius 3 is 2.43 bits per heavy atom. The number of rotatable bonds is 4. The first-order valence-corrected chi connectivity index (χ1v) is 8.34. The zero-order valence-corrected chi connectivity index (χ0v) is 14.4. The minimum atomic E-state index is -0.762. The fourth-order valence-electron chi connectivity index (χ4n) is 2.57. The lowest BCUT2D eigenvalue weighted by Crippen LogP contribution is -2.17. The monoisotopic (exact) mass is 384 g/mol. The van der Waals surface area contributed by atoms with Gasteiger partial charge >= 0.3 is 0 Å². The molecule has 0 unspecified atom stereocenters. The molecule has 1 aliphatic rings. The van der Waals surface area contributed by atoms with Crippen molar-refractivity contribution in [2.75, 3.05) is 23.8 Å². The Morgan fingerprint density at radius 1 is 0.964 bits per heavy atom. The summed E-state index contributed by atoms with van der Waals surface area (Å²) >= 11 is 0. The summed E-state index contributed by atoms with van der Waals surface area (Å²) < 4.78 is 38.2. The lowest BCUT2D eigenvalue weighted by atomic mass is 10.2. The molecule has 4 rings (SSSR count). The highest BCUT2D eigenvalue weighted by molar-refractivity contribution is 6.02. The first kappa shape index (κ1) is 17.7. The topological polar surface area (TPSA) is 85.4 Å². The van der Waals surface area contributed by atoms with E-state index in [0.29, 0.717) is 30.4 Å². The van der Waals surface area contributed by atoms with Crippen molar-refractivity contribution in [2.45, 2.75) is 0 Å². The number of ether oxygens (including phenoxy) is 2. The molecule has 0 atom stereocenters. The van der Waals surface area contributed by atoms with Gasteiger partial charge in [0.15, 0.2) is 11.5 Å². The fourth-order valence-corrected chi connectivity index (χ4v) is 2.57. The molecule has 0 saturated heterocycles. The molecule has 0 bridgehead atoms. The molecule has 1 amide bonds. The Labute approximate surface area is 158 Å². The molecule has 0 saturated carbocycles. The first-order chi connectivity index (χ1) is 13.6. The zero-order valence-electron chi connectivity index (χ0n) is 14.4. The van der Waals surface area contributed by atoms with Crippen LogP contribution in [0, 0.1) is 11.6 Å². The van der Waals surface area contributed by atoms with Crippen LogP contribution in [-0.4, -0.2) is 29.1 Å². The van der Waals surface area contributed by atoms with Crippen LogP contribution in [0.25, 0.3) is 0 Å². The second kappa shape index (κ2) is 7.47. The lowest BCUT2D eigenvalue weighted by molar-refractivity contribution is 0.102. The Hall–Kier alpha value is -3.75. The van der Waals surface area contributed by atoms with Crippen molar-refractivity contribution in [1.82, 2.24) is 9.97 Å². The van der Waals surface area contributed by atoms with Crippen molar-refractivity contribution in [1.29, 1.82) is 0 Å². The van der Waals surface area contributed by atoms with Gasteiger partial charge in [-0.3, -0.25) is 4.79 Å². The van der Waals surface area contributed by atoms with Crippen molar-refractivity contribution < 1.29 is 23.0 Å². The van der Waals surface area contributed by atoms with Gasteiger partial charge in [0.25, 0.3) is 5.91 Å². The van der Waals surface area contributed by atoms with Gasteiger partial charge in [0.05, 0.1) is 12.4 Å². The Morgan fingerprint density at radius 2 is 1.71 bits per heavy atom. The van der Waals surface area contributed by atoms with Crippen molar-refractivity contribution >= 4 is 23.1 Å². The van der Waals surface area contributed by atoms with Crippen LogP contribution in [0.3, 0.4) is 0 Å². The summed E-state index contributed by atoms with van der Waals surface area (Å²) in [6.45, 7) is 0.915.